The summed E-state index contributed by atoms with van der Waals surface area (Å²) in [5, 5.41) is 11.3. The highest BCUT2D eigenvalue weighted by atomic mass is 35.5. The lowest BCUT2D eigenvalue weighted by Gasteiger charge is -2.34. The highest BCUT2D eigenvalue weighted by Gasteiger charge is 2.32. The van der Waals surface area contributed by atoms with Gasteiger partial charge in [-0.2, -0.15) is 4.31 Å². The maximum absolute atomic E-state index is 12.9. The van der Waals surface area contributed by atoms with Crippen LogP contribution in [0.15, 0.2) is 35.4 Å². The van der Waals surface area contributed by atoms with E-state index in [1.807, 2.05) is 0 Å². The Bertz CT molecular complexity index is 1090. The van der Waals surface area contributed by atoms with E-state index in [0.717, 1.165) is 6.20 Å². The molecule has 1 aliphatic rings. The minimum atomic E-state index is -3.88. The van der Waals surface area contributed by atoms with Gasteiger partial charge in [0.15, 0.2) is 0 Å². The van der Waals surface area contributed by atoms with Gasteiger partial charge in [0, 0.05) is 37.3 Å². The van der Waals surface area contributed by atoms with Crippen molar-refractivity contribution in [2.24, 2.45) is 0 Å². The van der Waals surface area contributed by atoms with Crippen molar-refractivity contribution >= 4 is 44.8 Å². The van der Waals surface area contributed by atoms with Crippen molar-refractivity contribution in [1.29, 1.82) is 0 Å². The number of aryl methyl sites for hydroxylation is 1. The molecule has 9 nitrogen and oxygen atoms in total. The van der Waals surface area contributed by atoms with Crippen LogP contribution in [0.5, 0.6) is 0 Å². The van der Waals surface area contributed by atoms with E-state index in [-0.39, 0.29) is 52.4 Å². The van der Waals surface area contributed by atoms with E-state index in [2.05, 4.69) is 4.98 Å². The Labute approximate surface area is 177 Å². The molecule has 2 heterocycles. The minimum absolute atomic E-state index is 0.0539. The molecule has 0 saturated carbocycles. The second-order valence-electron chi connectivity index (χ2n) is 6.35. The van der Waals surface area contributed by atoms with Crippen LogP contribution in [-0.4, -0.2) is 59.6 Å². The van der Waals surface area contributed by atoms with Gasteiger partial charge < -0.3 is 4.90 Å². The summed E-state index contributed by atoms with van der Waals surface area (Å²) in [6.07, 6.45) is 1.09. The van der Waals surface area contributed by atoms with E-state index in [1.54, 1.807) is 6.92 Å². The highest BCUT2D eigenvalue weighted by molar-refractivity contribution is 7.89. The lowest BCUT2D eigenvalue weighted by atomic mass is 10.1. The second-order valence-corrected chi connectivity index (χ2v) is 9.10. The Morgan fingerprint density at radius 3 is 2.45 bits per heavy atom. The molecule has 0 radical (unpaired) electrons. The number of carbonyl (C=O) groups excluding carboxylic acids is 1. The van der Waals surface area contributed by atoms with E-state index in [9.17, 15) is 23.3 Å². The molecule has 0 atom stereocenters. The molecule has 0 bridgehead atoms. The summed E-state index contributed by atoms with van der Waals surface area (Å²) in [4.78, 5) is 28.4. The molecule has 0 spiro atoms. The third kappa shape index (κ3) is 4.35. The number of piperazine rings is 1. The maximum atomic E-state index is 12.9. The first-order chi connectivity index (χ1) is 13.6. The van der Waals surface area contributed by atoms with Crippen LogP contribution in [0.25, 0.3) is 0 Å². The molecule has 1 saturated heterocycles. The zero-order chi connectivity index (χ0) is 21.3. The van der Waals surface area contributed by atoms with Crippen LogP contribution in [0.1, 0.15) is 16.1 Å². The SMILES string of the molecule is Cc1ncc([N+](=O)[O-])cc1C(=O)N1CCN(S(=O)(=O)c2cc(Cl)ccc2Cl)CC1. The number of hydrogen-bond acceptors (Lipinski definition) is 6. The molecule has 1 aromatic heterocycles. The average Bonchev–Trinajstić information content (AvgIpc) is 2.69. The summed E-state index contributed by atoms with van der Waals surface area (Å²) in [5.41, 5.74) is 0.200. The molecule has 1 amide bonds. The normalized spacial score (nSPS) is 15.3. The van der Waals surface area contributed by atoms with E-state index in [4.69, 9.17) is 23.2 Å². The molecule has 2 aromatic rings. The average molecular weight is 459 g/mol. The van der Waals surface area contributed by atoms with Crippen LogP contribution in [-0.2, 0) is 10.0 Å². The second kappa shape index (κ2) is 8.23. The molecule has 0 unspecified atom stereocenters. The molecule has 1 fully saturated rings. The molecule has 29 heavy (non-hydrogen) atoms. The number of carbonyl (C=O) groups is 1. The summed E-state index contributed by atoms with van der Waals surface area (Å²) in [5.74, 6) is -0.434. The number of nitro groups is 1. The monoisotopic (exact) mass is 458 g/mol. The van der Waals surface area contributed by atoms with Gasteiger partial charge in [0.25, 0.3) is 11.6 Å². The molecular weight excluding hydrogens is 443 g/mol. The van der Waals surface area contributed by atoms with Crippen LogP contribution >= 0.6 is 23.2 Å². The quantitative estimate of drug-likeness (QED) is 0.513. The zero-order valence-electron chi connectivity index (χ0n) is 15.2. The van der Waals surface area contributed by atoms with E-state index in [0.29, 0.717) is 5.69 Å². The van der Waals surface area contributed by atoms with E-state index >= 15 is 0 Å². The third-order valence-electron chi connectivity index (χ3n) is 4.55. The zero-order valence-corrected chi connectivity index (χ0v) is 17.5. The molecule has 154 valence electrons. The fourth-order valence-corrected chi connectivity index (χ4v) is 5.11. The van der Waals surface area contributed by atoms with Gasteiger partial charge in [-0.25, -0.2) is 8.42 Å². The van der Waals surface area contributed by atoms with Gasteiger partial charge in [-0.3, -0.25) is 19.9 Å². The lowest BCUT2D eigenvalue weighted by molar-refractivity contribution is -0.385. The van der Waals surface area contributed by atoms with Crippen molar-refractivity contribution in [2.45, 2.75) is 11.8 Å². The number of rotatable bonds is 4. The third-order valence-corrected chi connectivity index (χ3v) is 7.17. The first-order valence-electron chi connectivity index (χ1n) is 8.47. The van der Waals surface area contributed by atoms with E-state index in [1.165, 1.54) is 33.5 Å². The maximum Gasteiger partial charge on any atom is 0.288 e. The smallest absolute Gasteiger partial charge is 0.288 e. The topological polar surface area (TPSA) is 114 Å². The molecule has 0 aliphatic carbocycles. The van der Waals surface area contributed by atoms with Crippen LogP contribution in [0, 0.1) is 17.0 Å². The summed E-state index contributed by atoms with van der Waals surface area (Å²) in [7, 11) is -3.88. The largest absolute Gasteiger partial charge is 0.336 e. The van der Waals surface area contributed by atoms with Crippen molar-refractivity contribution in [3.05, 3.63) is 61.9 Å². The van der Waals surface area contributed by atoms with Crippen molar-refractivity contribution < 1.29 is 18.1 Å². The van der Waals surface area contributed by atoms with Crippen LogP contribution in [0.4, 0.5) is 5.69 Å². The van der Waals surface area contributed by atoms with Crippen molar-refractivity contribution in [2.75, 3.05) is 26.2 Å². The molecule has 1 aromatic carbocycles. The Morgan fingerprint density at radius 1 is 1.17 bits per heavy atom. The summed E-state index contributed by atoms with van der Waals surface area (Å²) in [6.45, 7) is 1.94. The van der Waals surface area contributed by atoms with Gasteiger partial charge in [-0.05, 0) is 25.1 Å². The van der Waals surface area contributed by atoms with Gasteiger partial charge in [0.05, 0.1) is 21.2 Å². The molecule has 3 rings (SSSR count). The Balaban J connectivity index is 1.77. The van der Waals surface area contributed by atoms with Crippen LogP contribution < -0.4 is 0 Å². The number of pyridine rings is 1. The Hall–Kier alpha value is -2.27. The number of aromatic nitrogens is 1. The number of hydrogen-bond donors (Lipinski definition) is 0. The van der Waals surface area contributed by atoms with E-state index < -0.39 is 20.9 Å². The number of benzene rings is 1. The fourth-order valence-electron chi connectivity index (χ4n) is 2.95. The van der Waals surface area contributed by atoms with Crippen LogP contribution in [0.3, 0.4) is 0 Å². The predicted octanol–water partition coefficient (Wildman–Crippen LogP) is 2.75. The molecule has 12 heteroatoms. The number of halogens is 2. The lowest BCUT2D eigenvalue weighted by Crippen LogP contribution is -2.50. The summed E-state index contributed by atoms with van der Waals surface area (Å²) >= 11 is 11.9. The number of amides is 1. The molecule has 0 N–H and O–H groups in total. The highest BCUT2D eigenvalue weighted by Crippen LogP contribution is 2.28. The van der Waals surface area contributed by atoms with Crippen LogP contribution in [0.2, 0.25) is 10.0 Å². The van der Waals surface area contributed by atoms with Gasteiger partial charge in [0.2, 0.25) is 10.0 Å². The fraction of sp³-hybridized carbons (Fsp3) is 0.294. The van der Waals surface area contributed by atoms with Crippen molar-refractivity contribution in [3.8, 4) is 0 Å². The standard InChI is InChI=1S/C17H16Cl2N4O5S/c1-11-14(9-13(10-20-11)23(25)26)17(24)21-4-6-22(7-5-21)29(27,28)16-8-12(18)2-3-15(16)19/h2-3,8-10H,4-7H2,1H3. The predicted molar refractivity (Wildman–Crippen MR) is 107 cm³/mol. The first kappa shape index (κ1) is 21.4. The van der Waals surface area contributed by atoms with Gasteiger partial charge >= 0.3 is 0 Å². The van der Waals surface area contributed by atoms with Gasteiger partial charge in [0.1, 0.15) is 11.1 Å². The van der Waals surface area contributed by atoms with Gasteiger partial charge in [-0.1, -0.05) is 23.2 Å². The Morgan fingerprint density at radius 2 is 1.83 bits per heavy atom. The molecular formula is C17H16Cl2N4O5S. The van der Waals surface area contributed by atoms with Crippen molar-refractivity contribution in [3.63, 3.8) is 0 Å². The van der Waals surface area contributed by atoms with Crippen molar-refractivity contribution in [1.82, 2.24) is 14.2 Å². The number of sulfonamides is 1. The minimum Gasteiger partial charge on any atom is -0.336 e. The van der Waals surface area contributed by atoms with Gasteiger partial charge in [-0.15, -0.1) is 0 Å². The number of nitrogens with zero attached hydrogens (tertiary/aromatic N) is 4. The molecule has 1 aliphatic heterocycles. The first-order valence-corrected chi connectivity index (χ1v) is 10.7. The summed E-state index contributed by atoms with van der Waals surface area (Å²) in [6, 6.07) is 5.37. The Kier molecular flexibility index (Phi) is 6.08. The summed E-state index contributed by atoms with van der Waals surface area (Å²) < 4.78 is 27.0.